The molecule has 16 heavy (non-hydrogen) atoms. The van der Waals surface area contributed by atoms with Crippen LogP contribution in [0.3, 0.4) is 0 Å². The SMILES string of the molecule is O=C(Nc1ccc(CO)cc1)c1ccn[nH]1. The highest BCUT2D eigenvalue weighted by Crippen LogP contribution is 2.10. The van der Waals surface area contributed by atoms with Crippen molar-refractivity contribution >= 4 is 11.6 Å². The molecule has 1 aromatic carbocycles. The van der Waals surface area contributed by atoms with Crippen LogP contribution in [0.5, 0.6) is 0 Å². The molecule has 82 valence electrons. The second-order valence-corrected chi connectivity index (χ2v) is 3.28. The van der Waals surface area contributed by atoms with E-state index in [-0.39, 0.29) is 12.5 Å². The molecule has 2 rings (SSSR count). The van der Waals surface area contributed by atoms with E-state index in [1.165, 1.54) is 6.20 Å². The lowest BCUT2D eigenvalue weighted by Crippen LogP contribution is -2.12. The van der Waals surface area contributed by atoms with Crippen molar-refractivity contribution in [2.24, 2.45) is 0 Å². The van der Waals surface area contributed by atoms with Gasteiger partial charge in [0, 0.05) is 11.9 Å². The first-order valence-electron chi connectivity index (χ1n) is 4.80. The maximum atomic E-state index is 11.6. The average molecular weight is 217 g/mol. The van der Waals surface area contributed by atoms with Gasteiger partial charge in [-0.3, -0.25) is 9.89 Å². The van der Waals surface area contributed by atoms with E-state index in [4.69, 9.17) is 5.11 Å². The van der Waals surface area contributed by atoms with Gasteiger partial charge in [0.15, 0.2) is 0 Å². The molecule has 0 bridgehead atoms. The summed E-state index contributed by atoms with van der Waals surface area (Å²) in [6.45, 7) is -0.00518. The van der Waals surface area contributed by atoms with Gasteiger partial charge in [-0.2, -0.15) is 5.10 Å². The van der Waals surface area contributed by atoms with Crippen LogP contribution in [0.1, 0.15) is 16.1 Å². The number of anilines is 1. The largest absolute Gasteiger partial charge is 0.392 e. The Bertz CT molecular complexity index is 462. The van der Waals surface area contributed by atoms with E-state index in [0.29, 0.717) is 11.4 Å². The van der Waals surface area contributed by atoms with Crippen molar-refractivity contribution < 1.29 is 9.90 Å². The number of aromatic nitrogens is 2. The summed E-state index contributed by atoms with van der Waals surface area (Å²) in [5, 5.41) is 17.8. The third-order valence-electron chi connectivity index (χ3n) is 2.14. The number of aliphatic hydroxyl groups is 1. The molecule has 0 fully saturated rings. The number of carbonyl (C=O) groups excluding carboxylic acids is 1. The summed E-state index contributed by atoms with van der Waals surface area (Å²) < 4.78 is 0. The molecule has 0 saturated heterocycles. The first-order valence-corrected chi connectivity index (χ1v) is 4.80. The number of carbonyl (C=O) groups is 1. The molecule has 1 amide bonds. The lowest BCUT2D eigenvalue weighted by atomic mass is 10.2. The minimum atomic E-state index is -0.241. The standard InChI is InChI=1S/C11H11N3O2/c15-7-8-1-3-9(4-2-8)13-11(16)10-5-6-12-14-10/h1-6,15H,7H2,(H,12,14)(H,13,16). The van der Waals surface area contributed by atoms with E-state index in [9.17, 15) is 4.79 Å². The smallest absolute Gasteiger partial charge is 0.273 e. The van der Waals surface area contributed by atoms with Crippen LogP contribution in [0.2, 0.25) is 0 Å². The summed E-state index contributed by atoms with van der Waals surface area (Å²) in [5.41, 5.74) is 1.89. The number of hydrogen-bond acceptors (Lipinski definition) is 3. The molecule has 0 aliphatic rings. The predicted octanol–water partition coefficient (Wildman–Crippen LogP) is 1.15. The predicted molar refractivity (Wildman–Crippen MR) is 58.9 cm³/mol. The number of benzene rings is 1. The second kappa shape index (κ2) is 4.59. The van der Waals surface area contributed by atoms with Crippen LogP contribution in [-0.4, -0.2) is 21.2 Å². The Labute approximate surface area is 92.1 Å². The number of aliphatic hydroxyl groups excluding tert-OH is 1. The van der Waals surface area contributed by atoms with E-state index in [1.807, 2.05) is 0 Å². The van der Waals surface area contributed by atoms with Gasteiger partial charge >= 0.3 is 0 Å². The Morgan fingerprint density at radius 3 is 2.62 bits per heavy atom. The van der Waals surface area contributed by atoms with Crippen molar-refractivity contribution in [1.29, 1.82) is 0 Å². The number of amides is 1. The molecule has 0 spiro atoms. The molecule has 5 heteroatoms. The maximum absolute atomic E-state index is 11.6. The second-order valence-electron chi connectivity index (χ2n) is 3.28. The minimum absolute atomic E-state index is 0.00518. The first-order chi connectivity index (χ1) is 7.79. The monoisotopic (exact) mass is 217 g/mol. The van der Waals surface area contributed by atoms with Gasteiger partial charge < -0.3 is 10.4 Å². The van der Waals surface area contributed by atoms with Gasteiger partial charge in [0.1, 0.15) is 5.69 Å². The normalized spacial score (nSPS) is 10.1. The van der Waals surface area contributed by atoms with Crippen molar-refractivity contribution in [2.45, 2.75) is 6.61 Å². The Kier molecular flexibility index (Phi) is 2.98. The van der Waals surface area contributed by atoms with Gasteiger partial charge in [0.2, 0.25) is 0 Å². The Morgan fingerprint density at radius 2 is 2.06 bits per heavy atom. The molecular weight excluding hydrogens is 206 g/mol. The Balaban J connectivity index is 2.06. The van der Waals surface area contributed by atoms with Crippen molar-refractivity contribution in [3.63, 3.8) is 0 Å². The van der Waals surface area contributed by atoms with Gasteiger partial charge in [0.25, 0.3) is 5.91 Å². The molecule has 1 aromatic heterocycles. The van der Waals surface area contributed by atoms with Crippen LogP contribution in [0.15, 0.2) is 36.5 Å². The Morgan fingerprint density at radius 1 is 1.31 bits per heavy atom. The summed E-state index contributed by atoms with van der Waals surface area (Å²) in [6, 6.07) is 8.57. The van der Waals surface area contributed by atoms with E-state index >= 15 is 0 Å². The Hall–Kier alpha value is -2.14. The first kappa shape index (κ1) is 10.4. The number of rotatable bonds is 3. The fourth-order valence-electron chi connectivity index (χ4n) is 1.27. The number of hydrogen-bond donors (Lipinski definition) is 3. The minimum Gasteiger partial charge on any atom is -0.392 e. The lowest BCUT2D eigenvalue weighted by molar-refractivity contribution is 0.102. The molecule has 2 aromatic rings. The third kappa shape index (κ3) is 2.26. The van der Waals surface area contributed by atoms with Gasteiger partial charge in [-0.1, -0.05) is 12.1 Å². The topological polar surface area (TPSA) is 78.0 Å². The van der Waals surface area contributed by atoms with E-state index in [2.05, 4.69) is 15.5 Å². The molecule has 0 radical (unpaired) electrons. The van der Waals surface area contributed by atoms with Crippen LogP contribution in [-0.2, 0) is 6.61 Å². The van der Waals surface area contributed by atoms with Crippen LogP contribution in [0.4, 0.5) is 5.69 Å². The number of H-pyrrole nitrogens is 1. The molecule has 5 nitrogen and oxygen atoms in total. The van der Waals surface area contributed by atoms with Gasteiger partial charge in [-0.05, 0) is 23.8 Å². The summed E-state index contributed by atoms with van der Waals surface area (Å²) in [7, 11) is 0. The van der Waals surface area contributed by atoms with Crippen molar-refractivity contribution in [3.05, 3.63) is 47.8 Å². The zero-order chi connectivity index (χ0) is 11.4. The highest BCUT2D eigenvalue weighted by Gasteiger charge is 2.06. The molecule has 0 atom stereocenters. The average Bonchev–Trinajstić information content (AvgIpc) is 2.83. The number of aromatic amines is 1. The summed E-state index contributed by atoms with van der Waals surface area (Å²) >= 11 is 0. The highest BCUT2D eigenvalue weighted by molar-refractivity contribution is 6.02. The van der Waals surface area contributed by atoms with E-state index in [0.717, 1.165) is 5.56 Å². The van der Waals surface area contributed by atoms with Crippen LogP contribution >= 0.6 is 0 Å². The number of nitrogens with one attached hydrogen (secondary N) is 2. The summed E-state index contributed by atoms with van der Waals surface area (Å²) in [4.78, 5) is 11.6. The fraction of sp³-hybridized carbons (Fsp3) is 0.0909. The quantitative estimate of drug-likeness (QED) is 0.721. The fourth-order valence-corrected chi connectivity index (χ4v) is 1.27. The van der Waals surface area contributed by atoms with Crippen molar-refractivity contribution in [3.8, 4) is 0 Å². The molecule has 0 aliphatic heterocycles. The van der Waals surface area contributed by atoms with Crippen LogP contribution in [0.25, 0.3) is 0 Å². The van der Waals surface area contributed by atoms with Gasteiger partial charge in [-0.25, -0.2) is 0 Å². The zero-order valence-corrected chi connectivity index (χ0v) is 8.47. The van der Waals surface area contributed by atoms with E-state index in [1.54, 1.807) is 30.3 Å². The molecular formula is C11H11N3O2. The molecule has 0 saturated carbocycles. The van der Waals surface area contributed by atoms with Crippen molar-refractivity contribution in [1.82, 2.24) is 10.2 Å². The zero-order valence-electron chi connectivity index (χ0n) is 8.47. The molecule has 1 heterocycles. The number of nitrogens with zero attached hydrogens (tertiary/aromatic N) is 1. The van der Waals surface area contributed by atoms with Gasteiger partial charge in [0.05, 0.1) is 6.61 Å². The molecule has 0 unspecified atom stereocenters. The highest BCUT2D eigenvalue weighted by atomic mass is 16.3. The third-order valence-corrected chi connectivity index (χ3v) is 2.14. The molecule has 0 aliphatic carbocycles. The van der Waals surface area contributed by atoms with Crippen LogP contribution in [0, 0.1) is 0 Å². The van der Waals surface area contributed by atoms with Crippen LogP contribution < -0.4 is 5.32 Å². The van der Waals surface area contributed by atoms with Gasteiger partial charge in [-0.15, -0.1) is 0 Å². The maximum Gasteiger partial charge on any atom is 0.273 e. The molecule has 3 N–H and O–H groups in total. The summed E-state index contributed by atoms with van der Waals surface area (Å²) in [5.74, 6) is -0.241. The van der Waals surface area contributed by atoms with E-state index < -0.39 is 0 Å². The van der Waals surface area contributed by atoms with Crippen molar-refractivity contribution in [2.75, 3.05) is 5.32 Å². The summed E-state index contributed by atoms with van der Waals surface area (Å²) in [6.07, 6.45) is 1.52. The lowest BCUT2D eigenvalue weighted by Gasteiger charge is -2.03.